The van der Waals surface area contributed by atoms with E-state index in [9.17, 15) is 14.9 Å². The summed E-state index contributed by atoms with van der Waals surface area (Å²) in [5.74, 6) is -1.26. The summed E-state index contributed by atoms with van der Waals surface area (Å²) in [5, 5.41) is 20.0. The Morgan fingerprint density at radius 3 is 2.85 bits per heavy atom. The van der Waals surface area contributed by atoms with Crippen molar-refractivity contribution in [1.82, 2.24) is 0 Å². The van der Waals surface area contributed by atoms with Gasteiger partial charge in [0.05, 0.1) is 4.92 Å². The van der Waals surface area contributed by atoms with Gasteiger partial charge in [0.15, 0.2) is 0 Å². The van der Waals surface area contributed by atoms with Crippen LogP contribution in [-0.2, 0) is 0 Å². The molecule has 0 radical (unpaired) electrons. The van der Waals surface area contributed by atoms with Crippen LogP contribution < -0.4 is 4.90 Å². The van der Waals surface area contributed by atoms with Gasteiger partial charge in [-0.2, -0.15) is 0 Å². The average molecular weight is 278 g/mol. The first kappa shape index (κ1) is 14.3. The molecule has 0 spiro atoms. The quantitative estimate of drug-likeness (QED) is 0.676. The number of carbonyl (C=O) groups is 1. The monoisotopic (exact) mass is 278 g/mol. The van der Waals surface area contributed by atoms with Crippen LogP contribution in [0.3, 0.4) is 0 Å². The van der Waals surface area contributed by atoms with Gasteiger partial charge in [0.1, 0.15) is 5.56 Å². The van der Waals surface area contributed by atoms with Crippen LogP contribution in [0.25, 0.3) is 0 Å². The molecule has 1 aliphatic rings. The highest BCUT2D eigenvalue weighted by molar-refractivity contribution is 5.93. The van der Waals surface area contributed by atoms with Crippen molar-refractivity contribution in [3.05, 3.63) is 33.9 Å². The number of carboxylic acid groups (broad SMARTS) is 1. The maximum atomic E-state index is 11.2. The van der Waals surface area contributed by atoms with E-state index in [1.807, 2.05) is 0 Å². The van der Waals surface area contributed by atoms with Gasteiger partial charge < -0.3 is 10.0 Å². The maximum Gasteiger partial charge on any atom is 0.342 e. The van der Waals surface area contributed by atoms with Gasteiger partial charge in [-0.05, 0) is 37.8 Å². The molecule has 1 heterocycles. The van der Waals surface area contributed by atoms with Crippen LogP contribution in [0.1, 0.15) is 43.0 Å². The zero-order valence-corrected chi connectivity index (χ0v) is 11.4. The molecule has 1 atom stereocenters. The van der Waals surface area contributed by atoms with Gasteiger partial charge in [-0.15, -0.1) is 0 Å². The minimum absolute atomic E-state index is 0.243. The van der Waals surface area contributed by atoms with Crippen molar-refractivity contribution in [2.45, 2.75) is 38.6 Å². The Morgan fingerprint density at radius 1 is 1.50 bits per heavy atom. The predicted octanol–water partition coefficient (Wildman–Crippen LogP) is 3.06. The highest BCUT2D eigenvalue weighted by Gasteiger charge is 2.25. The van der Waals surface area contributed by atoms with E-state index in [0.717, 1.165) is 31.5 Å². The SMILES string of the molecule is CCC1CCCCN1c1ccc([N+](=O)[O-])c(C(=O)O)c1. The number of hydrogen-bond acceptors (Lipinski definition) is 4. The van der Waals surface area contributed by atoms with Gasteiger partial charge in [0.25, 0.3) is 5.69 Å². The summed E-state index contributed by atoms with van der Waals surface area (Å²) in [4.78, 5) is 23.6. The summed E-state index contributed by atoms with van der Waals surface area (Å²) in [6.07, 6.45) is 4.30. The van der Waals surface area contributed by atoms with Crippen molar-refractivity contribution in [1.29, 1.82) is 0 Å². The van der Waals surface area contributed by atoms with Gasteiger partial charge in [-0.25, -0.2) is 4.79 Å². The normalized spacial score (nSPS) is 18.9. The Hall–Kier alpha value is -2.11. The molecule has 1 aliphatic heterocycles. The van der Waals surface area contributed by atoms with Crippen molar-refractivity contribution in [2.24, 2.45) is 0 Å². The Morgan fingerprint density at radius 2 is 2.25 bits per heavy atom. The Labute approximate surface area is 117 Å². The second-order valence-corrected chi connectivity index (χ2v) is 5.01. The number of nitro groups is 1. The van der Waals surface area contributed by atoms with E-state index in [1.54, 1.807) is 6.07 Å². The molecule has 0 bridgehead atoms. The standard InChI is InChI=1S/C14H18N2O4/c1-2-10-5-3-4-8-15(10)11-6-7-13(16(19)20)12(9-11)14(17)18/h6-7,9-10H,2-5,8H2,1H3,(H,17,18). The second kappa shape index (κ2) is 5.90. The number of anilines is 1. The fraction of sp³-hybridized carbons (Fsp3) is 0.500. The Balaban J connectivity index is 2.39. The fourth-order valence-corrected chi connectivity index (χ4v) is 2.80. The third-order valence-corrected chi connectivity index (χ3v) is 3.84. The number of carboxylic acids is 1. The molecule has 6 heteroatoms. The molecule has 0 amide bonds. The van der Waals surface area contributed by atoms with Crippen molar-refractivity contribution < 1.29 is 14.8 Å². The molecule has 0 saturated carbocycles. The lowest BCUT2D eigenvalue weighted by Crippen LogP contribution is -2.39. The van der Waals surface area contributed by atoms with Gasteiger partial charge in [-0.1, -0.05) is 6.92 Å². The van der Waals surface area contributed by atoms with Gasteiger partial charge in [0.2, 0.25) is 0 Å². The number of rotatable bonds is 4. The molecular weight excluding hydrogens is 260 g/mol. The number of hydrogen-bond donors (Lipinski definition) is 1. The molecule has 6 nitrogen and oxygen atoms in total. The van der Waals surface area contributed by atoms with Crippen LogP contribution in [0.5, 0.6) is 0 Å². The molecular formula is C14H18N2O4. The molecule has 108 valence electrons. The zero-order valence-electron chi connectivity index (χ0n) is 11.4. The Bertz CT molecular complexity index is 530. The third kappa shape index (κ3) is 2.74. The molecule has 1 fully saturated rings. The lowest BCUT2D eigenvalue weighted by molar-refractivity contribution is -0.385. The largest absolute Gasteiger partial charge is 0.477 e. The van der Waals surface area contributed by atoms with E-state index in [1.165, 1.54) is 18.6 Å². The van der Waals surface area contributed by atoms with Crippen LogP contribution in [-0.4, -0.2) is 28.6 Å². The van der Waals surface area contributed by atoms with Crippen molar-refractivity contribution in [2.75, 3.05) is 11.4 Å². The molecule has 2 rings (SSSR count). The van der Waals surface area contributed by atoms with Gasteiger partial charge >= 0.3 is 5.97 Å². The molecule has 0 aromatic heterocycles. The number of piperidine rings is 1. The van der Waals surface area contributed by atoms with E-state index in [-0.39, 0.29) is 11.3 Å². The summed E-state index contributed by atoms with van der Waals surface area (Å²) in [6.45, 7) is 2.97. The first-order valence-corrected chi connectivity index (χ1v) is 6.83. The van der Waals surface area contributed by atoms with Gasteiger partial charge in [0, 0.05) is 24.3 Å². The lowest BCUT2D eigenvalue weighted by Gasteiger charge is -2.37. The summed E-state index contributed by atoms with van der Waals surface area (Å²) in [7, 11) is 0. The van der Waals surface area contributed by atoms with Crippen molar-refractivity contribution in [3.63, 3.8) is 0 Å². The number of nitrogens with zero attached hydrogens (tertiary/aromatic N) is 2. The van der Waals surface area contributed by atoms with Crippen molar-refractivity contribution >= 4 is 17.3 Å². The highest BCUT2D eigenvalue weighted by atomic mass is 16.6. The fourth-order valence-electron chi connectivity index (χ4n) is 2.80. The molecule has 1 unspecified atom stereocenters. The number of aromatic carboxylic acids is 1. The lowest BCUT2D eigenvalue weighted by atomic mass is 9.98. The van der Waals surface area contributed by atoms with E-state index in [2.05, 4.69) is 11.8 Å². The topological polar surface area (TPSA) is 83.7 Å². The van der Waals surface area contributed by atoms with Crippen molar-refractivity contribution in [3.8, 4) is 0 Å². The van der Waals surface area contributed by atoms with Crippen LogP contribution in [0.4, 0.5) is 11.4 Å². The van der Waals surface area contributed by atoms with Crippen LogP contribution in [0.2, 0.25) is 0 Å². The van der Waals surface area contributed by atoms with Crippen LogP contribution in [0.15, 0.2) is 18.2 Å². The first-order chi connectivity index (χ1) is 9.54. The molecule has 1 aromatic rings. The zero-order chi connectivity index (χ0) is 14.7. The van der Waals surface area contributed by atoms with E-state index in [4.69, 9.17) is 5.11 Å². The third-order valence-electron chi connectivity index (χ3n) is 3.84. The second-order valence-electron chi connectivity index (χ2n) is 5.01. The smallest absolute Gasteiger partial charge is 0.342 e. The first-order valence-electron chi connectivity index (χ1n) is 6.83. The molecule has 20 heavy (non-hydrogen) atoms. The number of benzene rings is 1. The predicted molar refractivity (Wildman–Crippen MR) is 75.3 cm³/mol. The molecule has 1 aromatic carbocycles. The van der Waals surface area contributed by atoms with Crippen LogP contribution >= 0.6 is 0 Å². The van der Waals surface area contributed by atoms with E-state index in [0.29, 0.717) is 6.04 Å². The Kier molecular flexibility index (Phi) is 4.22. The molecule has 1 saturated heterocycles. The van der Waals surface area contributed by atoms with E-state index >= 15 is 0 Å². The highest BCUT2D eigenvalue weighted by Crippen LogP contribution is 2.30. The molecule has 0 aliphatic carbocycles. The minimum Gasteiger partial charge on any atom is -0.477 e. The number of nitro benzene ring substituents is 1. The minimum atomic E-state index is -1.26. The van der Waals surface area contributed by atoms with E-state index < -0.39 is 10.9 Å². The molecule has 1 N–H and O–H groups in total. The summed E-state index contributed by atoms with van der Waals surface area (Å²) >= 11 is 0. The summed E-state index contributed by atoms with van der Waals surface area (Å²) in [5.41, 5.74) is 0.166. The summed E-state index contributed by atoms with van der Waals surface area (Å²) < 4.78 is 0. The van der Waals surface area contributed by atoms with Gasteiger partial charge in [-0.3, -0.25) is 10.1 Å². The van der Waals surface area contributed by atoms with Crippen LogP contribution in [0, 0.1) is 10.1 Å². The average Bonchev–Trinajstić information content (AvgIpc) is 2.46. The maximum absolute atomic E-state index is 11.2. The summed E-state index contributed by atoms with van der Waals surface area (Å²) in [6, 6.07) is 4.75.